The molecule has 1 rings (SSSR count). The van der Waals surface area contributed by atoms with E-state index in [0.717, 1.165) is 4.47 Å². The molecule has 0 aromatic heterocycles. The van der Waals surface area contributed by atoms with Crippen LogP contribution < -0.4 is 10.1 Å². The molecule has 0 saturated carbocycles. The fourth-order valence-electron chi connectivity index (χ4n) is 1.10. The van der Waals surface area contributed by atoms with E-state index in [0.29, 0.717) is 11.4 Å². The smallest absolute Gasteiger partial charge is 0.253 e. The molecule has 0 aliphatic heterocycles. The topological polar surface area (TPSA) is 47.6 Å². The van der Waals surface area contributed by atoms with Crippen molar-refractivity contribution >= 4 is 27.5 Å². The van der Waals surface area contributed by atoms with Crippen molar-refractivity contribution in [3.05, 3.63) is 22.7 Å². The van der Waals surface area contributed by atoms with Gasteiger partial charge in [0, 0.05) is 23.3 Å². The third-order valence-corrected chi connectivity index (χ3v) is 2.56. The zero-order chi connectivity index (χ0) is 12.1. The molecule has 0 saturated heterocycles. The van der Waals surface area contributed by atoms with Crippen LogP contribution in [0.4, 0.5) is 5.69 Å². The number of ether oxygens (including phenoxy) is 2. The van der Waals surface area contributed by atoms with Crippen molar-refractivity contribution in [3.63, 3.8) is 0 Å². The van der Waals surface area contributed by atoms with Crippen molar-refractivity contribution in [1.29, 1.82) is 0 Å². The van der Waals surface area contributed by atoms with Gasteiger partial charge in [0.05, 0.1) is 7.11 Å². The van der Waals surface area contributed by atoms with Gasteiger partial charge in [0.25, 0.3) is 5.91 Å². The van der Waals surface area contributed by atoms with E-state index in [1.165, 1.54) is 7.11 Å². The maximum Gasteiger partial charge on any atom is 0.253 e. The Hall–Kier alpha value is -1.07. The summed E-state index contributed by atoms with van der Waals surface area (Å²) in [6.07, 6.45) is -0.482. The molecule has 88 valence electrons. The molecule has 0 aliphatic rings. The van der Waals surface area contributed by atoms with Gasteiger partial charge in [-0.1, -0.05) is 15.9 Å². The summed E-state index contributed by atoms with van der Waals surface area (Å²) in [6, 6.07) is 5.35. The van der Waals surface area contributed by atoms with E-state index in [4.69, 9.17) is 9.47 Å². The Labute approximate surface area is 103 Å². The van der Waals surface area contributed by atoms with Crippen LogP contribution in [0.15, 0.2) is 22.7 Å². The third kappa shape index (κ3) is 3.50. The van der Waals surface area contributed by atoms with Gasteiger partial charge in [-0.05, 0) is 19.1 Å². The van der Waals surface area contributed by atoms with Crippen LogP contribution in [0, 0.1) is 0 Å². The zero-order valence-electron chi connectivity index (χ0n) is 9.41. The summed E-state index contributed by atoms with van der Waals surface area (Å²) in [6.45, 7) is 1.69. The van der Waals surface area contributed by atoms with Crippen molar-refractivity contribution in [2.45, 2.75) is 13.0 Å². The molecule has 5 heteroatoms. The number of amides is 1. The molecular weight excluding hydrogens is 274 g/mol. The Morgan fingerprint density at radius 2 is 2.06 bits per heavy atom. The Morgan fingerprint density at radius 1 is 1.38 bits per heavy atom. The summed E-state index contributed by atoms with van der Waals surface area (Å²) in [5, 5.41) is 2.73. The van der Waals surface area contributed by atoms with Crippen molar-refractivity contribution in [3.8, 4) is 5.75 Å². The van der Waals surface area contributed by atoms with Gasteiger partial charge in [-0.3, -0.25) is 4.79 Å². The second-order valence-electron chi connectivity index (χ2n) is 3.25. The maximum atomic E-state index is 11.6. The van der Waals surface area contributed by atoms with Crippen LogP contribution in [0.3, 0.4) is 0 Å². The minimum Gasteiger partial charge on any atom is -0.497 e. The van der Waals surface area contributed by atoms with Crippen LogP contribution in [0.1, 0.15) is 6.92 Å². The summed E-state index contributed by atoms with van der Waals surface area (Å²) in [5.74, 6) is 0.484. The van der Waals surface area contributed by atoms with Crippen LogP contribution in [0.5, 0.6) is 5.75 Å². The lowest BCUT2D eigenvalue weighted by molar-refractivity contribution is -0.124. The first-order valence-corrected chi connectivity index (χ1v) is 5.54. The van der Waals surface area contributed by atoms with E-state index in [1.54, 1.807) is 26.2 Å². The van der Waals surface area contributed by atoms with Crippen LogP contribution >= 0.6 is 15.9 Å². The molecule has 4 nitrogen and oxygen atoms in total. The number of hydrogen-bond acceptors (Lipinski definition) is 3. The number of carbonyl (C=O) groups is 1. The highest BCUT2D eigenvalue weighted by Crippen LogP contribution is 2.24. The molecule has 0 aliphatic carbocycles. The van der Waals surface area contributed by atoms with Gasteiger partial charge in [-0.2, -0.15) is 0 Å². The summed E-state index contributed by atoms with van der Waals surface area (Å²) >= 11 is 3.34. The first-order chi connectivity index (χ1) is 7.56. The fraction of sp³-hybridized carbons (Fsp3) is 0.364. The fourth-order valence-corrected chi connectivity index (χ4v) is 1.58. The number of halogens is 1. The molecule has 0 fully saturated rings. The highest BCUT2D eigenvalue weighted by atomic mass is 79.9. The first kappa shape index (κ1) is 13.0. The highest BCUT2D eigenvalue weighted by Gasteiger charge is 2.12. The van der Waals surface area contributed by atoms with Gasteiger partial charge in [-0.15, -0.1) is 0 Å². The van der Waals surface area contributed by atoms with Gasteiger partial charge in [0.15, 0.2) is 0 Å². The largest absolute Gasteiger partial charge is 0.497 e. The van der Waals surface area contributed by atoms with E-state index in [1.807, 2.05) is 6.07 Å². The monoisotopic (exact) mass is 287 g/mol. The first-order valence-electron chi connectivity index (χ1n) is 4.75. The lowest BCUT2D eigenvalue weighted by Crippen LogP contribution is -2.26. The number of rotatable bonds is 4. The Bertz CT molecular complexity index is 381. The highest BCUT2D eigenvalue weighted by molar-refractivity contribution is 9.10. The molecule has 1 N–H and O–H groups in total. The number of methoxy groups -OCH3 is 2. The molecule has 0 radical (unpaired) electrons. The van der Waals surface area contributed by atoms with Crippen LogP contribution in [-0.4, -0.2) is 26.2 Å². The lowest BCUT2D eigenvalue weighted by Gasteiger charge is -2.11. The van der Waals surface area contributed by atoms with Gasteiger partial charge < -0.3 is 14.8 Å². The summed E-state index contributed by atoms with van der Waals surface area (Å²) < 4.78 is 10.8. The van der Waals surface area contributed by atoms with Crippen LogP contribution in [0.2, 0.25) is 0 Å². The third-order valence-electron chi connectivity index (χ3n) is 2.10. The quantitative estimate of drug-likeness (QED) is 0.925. The Kier molecular flexibility index (Phi) is 4.76. The number of anilines is 1. The second kappa shape index (κ2) is 5.86. The molecular formula is C11H14BrNO3. The van der Waals surface area contributed by atoms with Crippen LogP contribution in [0.25, 0.3) is 0 Å². The average Bonchev–Trinajstić information content (AvgIpc) is 2.26. The van der Waals surface area contributed by atoms with E-state index in [2.05, 4.69) is 21.2 Å². The second-order valence-corrected chi connectivity index (χ2v) is 4.16. The average molecular weight is 288 g/mol. The molecule has 0 spiro atoms. The lowest BCUT2D eigenvalue weighted by atomic mass is 10.3. The molecule has 1 aromatic carbocycles. The van der Waals surface area contributed by atoms with Crippen molar-refractivity contribution < 1.29 is 14.3 Å². The standard InChI is InChI=1S/C11H14BrNO3/c1-7(15-2)11(14)13-9-4-8(12)5-10(6-9)16-3/h4-7H,1-3H3,(H,13,14). The molecule has 1 aromatic rings. The predicted molar refractivity (Wildman–Crippen MR) is 65.8 cm³/mol. The summed E-state index contributed by atoms with van der Waals surface area (Å²) in [4.78, 5) is 11.6. The normalized spacial score (nSPS) is 12.0. The molecule has 0 heterocycles. The van der Waals surface area contributed by atoms with Gasteiger partial charge in [-0.25, -0.2) is 0 Å². The summed E-state index contributed by atoms with van der Waals surface area (Å²) in [7, 11) is 3.07. The van der Waals surface area contributed by atoms with Gasteiger partial charge >= 0.3 is 0 Å². The van der Waals surface area contributed by atoms with Crippen molar-refractivity contribution in [2.75, 3.05) is 19.5 Å². The van der Waals surface area contributed by atoms with Crippen molar-refractivity contribution in [2.24, 2.45) is 0 Å². The van der Waals surface area contributed by atoms with Crippen LogP contribution in [-0.2, 0) is 9.53 Å². The number of hydrogen-bond donors (Lipinski definition) is 1. The van der Waals surface area contributed by atoms with E-state index in [9.17, 15) is 4.79 Å². The minimum absolute atomic E-state index is 0.192. The zero-order valence-corrected chi connectivity index (χ0v) is 11.0. The van der Waals surface area contributed by atoms with Crippen molar-refractivity contribution in [1.82, 2.24) is 0 Å². The minimum atomic E-state index is -0.482. The van der Waals surface area contributed by atoms with Gasteiger partial charge in [0.2, 0.25) is 0 Å². The number of nitrogens with one attached hydrogen (secondary N) is 1. The Morgan fingerprint density at radius 3 is 2.62 bits per heavy atom. The molecule has 0 bridgehead atoms. The number of carbonyl (C=O) groups excluding carboxylic acids is 1. The number of benzene rings is 1. The molecule has 1 amide bonds. The maximum absolute atomic E-state index is 11.6. The van der Waals surface area contributed by atoms with E-state index >= 15 is 0 Å². The molecule has 1 atom stereocenters. The van der Waals surface area contributed by atoms with E-state index in [-0.39, 0.29) is 5.91 Å². The summed E-state index contributed by atoms with van der Waals surface area (Å²) in [5.41, 5.74) is 0.667. The van der Waals surface area contributed by atoms with Gasteiger partial charge in [0.1, 0.15) is 11.9 Å². The molecule has 16 heavy (non-hydrogen) atoms. The van der Waals surface area contributed by atoms with E-state index < -0.39 is 6.10 Å². The Balaban J connectivity index is 2.81. The molecule has 1 unspecified atom stereocenters. The SMILES string of the molecule is COc1cc(Br)cc(NC(=O)C(C)OC)c1. The predicted octanol–water partition coefficient (Wildman–Crippen LogP) is 2.43.